The van der Waals surface area contributed by atoms with Crippen LogP contribution in [0.4, 0.5) is 0 Å². The summed E-state index contributed by atoms with van der Waals surface area (Å²) >= 11 is 0. The van der Waals surface area contributed by atoms with Gasteiger partial charge in [0.1, 0.15) is 0 Å². The van der Waals surface area contributed by atoms with Crippen molar-refractivity contribution in [3.05, 3.63) is 0 Å². The van der Waals surface area contributed by atoms with E-state index < -0.39 is 15.9 Å². The topological polar surface area (TPSA) is 80.5 Å². The summed E-state index contributed by atoms with van der Waals surface area (Å²) < 4.78 is 25.2. The van der Waals surface area contributed by atoms with Crippen LogP contribution in [0.25, 0.3) is 0 Å². The molecule has 6 heteroatoms. The number of nitrogens with zero attached hydrogens (tertiary/aromatic N) is 1. The summed E-state index contributed by atoms with van der Waals surface area (Å²) in [6.45, 7) is 2.75. The second-order valence-corrected chi connectivity index (χ2v) is 6.36. The van der Waals surface area contributed by atoms with E-state index in [1.807, 2.05) is 6.92 Å². The fourth-order valence-electron chi connectivity index (χ4n) is 1.88. The molecule has 1 aliphatic heterocycles. The van der Waals surface area contributed by atoms with Crippen LogP contribution in [0, 0.1) is 5.92 Å². The molecule has 16 heavy (non-hydrogen) atoms. The van der Waals surface area contributed by atoms with Gasteiger partial charge in [0.15, 0.2) is 0 Å². The molecule has 1 amide bonds. The second-order valence-electron chi connectivity index (χ2n) is 4.27. The van der Waals surface area contributed by atoms with E-state index in [1.165, 1.54) is 4.31 Å². The van der Waals surface area contributed by atoms with E-state index in [2.05, 4.69) is 0 Å². The monoisotopic (exact) mass is 248 g/mol. The zero-order valence-corrected chi connectivity index (χ0v) is 10.5. The molecule has 1 heterocycles. The first-order valence-electron chi connectivity index (χ1n) is 5.74. The molecule has 1 fully saturated rings. The van der Waals surface area contributed by atoms with Crippen molar-refractivity contribution in [1.29, 1.82) is 0 Å². The van der Waals surface area contributed by atoms with Crippen molar-refractivity contribution < 1.29 is 13.2 Å². The first-order chi connectivity index (χ1) is 7.47. The molecule has 0 spiro atoms. The number of carbonyl (C=O) groups excluding carboxylic acids is 1. The molecule has 1 saturated heterocycles. The number of sulfonamides is 1. The van der Waals surface area contributed by atoms with Gasteiger partial charge in [-0.25, -0.2) is 12.7 Å². The number of amides is 1. The summed E-state index contributed by atoms with van der Waals surface area (Å²) in [7, 11) is -3.19. The Kier molecular flexibility index (Phi) is 4.73. The fourth-order valence-corrected chi connectivity index (χ4v) is 3.61. The summed E-state index contributed by atoms with van der Waals surface area (Å²) in [6, 6.07) is 0. The molecule has 94 valence electrons. The van der Waals surface area contributed by atoms with Gasteiger partial charge in [0.05, 0.1) is 11.7 Å². The lowest BCUT2D eigenvalue weighted by molar-refractivity contribution is -0.122. The lowest BCUT2D eigenvalue weighted by Gasteiger charge is -2.30. The highest BCUT2D eigenvalue weighted by atomic mass is 32.2. The van der Waals surface area contributed by atoms with Crippen LogP contribution in [0.2, 0.25) is 0 Å². The molecule has 1 aliphatic rings. The van der Waals surface area contributed by atoms with Crippen molar-refractivity contribution in [2.45, 2.75) is 32.6 Å². The van der Waals surface area contributed by atoms with E-state index in [0.717, 1.165) is 12.8 Å². The summed E-state index contributed by atoms with van der Waals surface area (Å²) in [5.74, 6) is -0.532. The number of nitrogens with two attached hydrogens (primary N) is 1. The predicted octanol–water partition coefficient (Wildman–Crippen LogP) is 0.314. The molecule has 1 rings (SSSR count). The fraction of sp³-hybridized carbons (Fsp3) is 0.900. The van der Waals surface area contributed by atoms with E-state index in [-0.39, 0.29) is 18.2 Å². The van der Waals surface area contributed by atoms with Crippen molar-refractivity contribution in [1.82, 2.24) is 4.31 Å². The minimum atomic E-state index is -3.19. The largest absolute Gasteiger partial charge is 0.369 e. The highest BCUT2D eigenvalue weighted by Crippen LogP contribution is 2.19. The molecule has 0 saturated carbocycles. The van der Waals surface area contributed by atoms with Crippen LogP contribution in [0.1, 0.15) is 32.6 Å². The second kappa shape index (κ2) is 5.63. The third-order valence-electron chi connectivity index (χ3n) is 2.94. The number of piperidine rings is 1. The maximum absolute atomic E-state index is 11.9. The van der Waals surface area contributed by atoms with Crippen molar-refractivity contribution in [2.24, 2.45) is 11.7 Å². The van der Waals surface area contributed by atoms with E-state index in [1.54, 1.807) is 0 Å². The van der Waals surface area contributed by atoms with Gasteiger partial charge < -0.3 is 5.73 Å². The van der Waals surface area contributed by atoms with Crippen LogP contribution < -0.4 is 5.73 Å². The predicted molar refractivity (Wildman–Crippen MR) is 62.2 cm³/mol. The number of rotatable bonds is 5. The highest BCUT2D eigenvalue weighted by Gasteiger charge is 2.30. The van der Waals surface area contributed by atoms with E-state index in [0.29, 0.717) is 19.4 Å². The number of hydrogen-bond acceptors (Lipinski definition) is 3. The summed E-state index contributed by atoms with van der Waals surface area (Å²) in [5.41, 5.74) is 5.21. The SMILES string of the molecule is CCCCS(=O)(=O)N1CCCC(C(N)=O)C1. The molecule has 0 bridgehead atoms. The third-order valence-corrected chi connectivity index (χ3v) is 4.86. The zero-order valence-electron chi connectivity index (χ0n) is 9.68. The lowest BCUT2D eigenvalue weighted by atomic mass is 9.99. The van der Waals surface area contributed by atoms with Crippen LogP contribution in [0.15, 0.2) is 0 Å². The lowest BCUT2D eigenvalue weighted by Crippen LogP contribution is -2.44. The van der Waals surface area contributed by atoms with Gasteiger partial charge in [0.25, 0.3) is 0 Å². The van der Waals surface area contributed by atoms with Crippen molar-refractivity contribution in [2.75, 3.05) is 18.8 Å². The van der Waals surface area contributed by atoms with Crippen LogP contribution >= 0.6 is 0 Å². The van der Waals surface area contributed by atoms with Crippen molar-refractivity contribution in [3.63, 3.8) is 0 Å². The van der Waals surface area contributed by atoms with Gasteiger partial charge in [-0.1, -0.05) is 13.3 Å². The standard InChI is InChI=1S/C10H20N2O3S/c1-2-3-7-16(14,15)12-6-4-5-9(8-12)10(11)13/h9H,2-8H2,1H3,(H2,11,13). The molecule has 0 aliphatic carbocycles. The highest BCUT2D eigenvalue weighted by molar-refractivity contribution is 7.89. The Bertz CT molecular complexity index is 340. The van der Waals surface area contributed by atoms with Crippen LogP contribution in [-0.2, 0) is 14.8 Å². The Morgan fingerprint density at radius 2 is 2.19 bits per heavy atom. The van der Waals surface area contributed by atoms with Gasteiger partial charge in [-0.3, -0.25) is 4.79 Å². The summed E-state index contributed by atoms with van der Waals surface area (Å²) in [6.07, 6.45) is 2.94. The Labute approximate surface area is 97.0 Å². The van der Waals surface area contributed by atoms with Gasteiger partial charge in [-0.2, -0.15) is 0 Å². The number of primary amides is 1. The van der Waals surface area contributed by atoms with Gasteiger partial charge in [0.2, 0.25) is 15.9 Å². The summed E-state index contributed by atoms with van der Waals surface area (Å²) in [4.78, 5) is 11.0. The quantitative estimate of drug-likeness (QED) is 0.760. The first kappa shape index (κ1) is 13.4. The Morgan fingerprint density at radius 1 is 1.50 bits per heavy atom. The molecule has 2 N–H and O–H groups in total. The zero-order chi connectivity index (χ0) is 12.2. The van der Waals surface area contributed by atoms with Crippen molar-refractivity contribution in [3.8, 4) is 0 Å². The first-order valence-corrected chi connectivity index (χ1v) is 7.35. The molecule has 0 aromatic rings. The van der Waals surface area contributed by atoms with E-state index >= 15 is 0 Å². The van der Waals surface area contributed by atoms with E-state index in [9.17, 15) is 13.2 Å². The molecule has 1 unspecified atom stereocenters. The normalized spacial score (nSPS) is 23.2. The third kappa shape index (κ3) is 3.45. The molecular formula is C10H20N2O3S. The number of hydrogen-bond donors (Lipinski definition) is 1. The van der Waals surface area contributed by atoms with Gasteiger partial charge in [0, 0.05) is 13.1 Å². The number of carbonyl (C=O) groups is 1. The summed E-state index contributed by atoms with van der Waals surface area (Å²) in [5, 5.41) is 0. The molecule has 0 aromatic heterocycles. The van der Waals surface area contributed by atoms with Gasteiger partial charge in [-0.15, -0.1) is 0 Å². The maximum Gasteiger partial charge on any atom is 0.221 e. The molecule has 1 atom stereocenters. The van der Waals surface area contributed by atoms with Crippen LogP contribution in [-0.4, -0.2) is 37.5 Å². The van der Waals surface area contributed by atoms with Gasteiger partial charge in [-0.05, 0) is 19.3 Å². The Balaban J connectivity index is 2.62. The van der Waals surface area contributed by atoms with Crippen LogP contribution in [0.5, 0.6) is 0 Å². The Morgan fingerprint density at radius 3 is 2.75 bits per heavy atom. The van der Waals surface area contributed by atoms with Gasteiger partial charge >= 0.3 is 0 Å². The Hall–Kier alpha value is -0.620. The minimum absolute atomic E-state index is 0.176. The molecule has 5 nitrogen and oxygen atoms in total. The maximum atomic E-state index is 11.9. The molecule has 0 aromatic carbocycles. The molecular weight excluding hydrogens is 228 g/mol. The average molecular weight is 248 g/mol. The van der Waals surface area contributed by atoms with Crippen molar-refractivity contribution >= 4 is 15.9 Å². The minimum Gasteiger partial charge on any atom is -0.369 e. The van der Waals surface area contributed by atoms with E-state index in [4.69, 9.17) is 5.73 Å². The van der Waals surface area contributed by atoms with Crippen LogP contribution in [0.3, 0.4) is 0 Å². The molecule has 0 radical (unpaired) electrons. The smallest absolute Gasteiger partial charge is 0.221 e. The average Bonchev–Trinajstić information content (AvgIpc) is 2.26. The number of unbranched alkanes of at least 4 members (excludes halogenated alkanes) is 1.